The lowest BCUT2D eigenvalue weighted by molar-refractivity contribution is -0.187. The SMILES string of the molecule is CCCC1CCC(c2ccc(-c3ccc(C(F)(F)Oc4cc(F)c(F)c(F)c4)c(F)c3F)c(F)c2)OC1. The molecule has 37 heavy (non-hydrogen) atoms. The summed E-state index contributed by atoms with van der Waals surface area (Å²) in [6.07, 6.45) is -1.30. The highest BCUT2D eigenvalue weighted by Crippen LogP contribution is 2.39. The Morgan fingerprint density at radius 3 is 2.08 bits per heavy atom. The third-order valence-corrected chi connectivity index (χ3v) is 6.32. The van der Waals surface area contributed by atoms with Crippen LogP contribution in [0.3, 0.4) is 0 Å². The maximum Gasteiger partial charge on any atom is 0.429 e. The molecule has 0 aliphatic carbocycles. The molecule has 2 nitrogen and oxygen atoms in total. The Morgan fingerprint density at radius 1 is 0.811 bits per heavy atom. The van der Waals surface area contributed by atoms with Crippen LogP contribution in [0.25, 0.3) is 11.1 Å². The van der Waals surface area contributed by atoms with Gasteiger partial charge in [-0.2, -0.15) is 8.78 Å². The highest BCUT2D eigenvalue weighted by atomic mass is 19.3. The molecular weight excluding hydrogens is 508 g/mol. The van der Waals surface area contributed by atoms with Gasteiger partial charge in [0.2, 0.25) is 0 Å². The Morgan fingerprint density at radius 2 is 1.49 bits per heavy atom. The molecule has 198 valence electrons. The van der Waals surface area contributed by atoms with Crippen LogP contribution in [0.4, 0.5) is 35.1 Å². The highest BCUT2D eigenvalue weighted by Gasteiger charge is 2.40. The topological polar surface area (TPSA) is 18.5 Å². The van der Waals surface area contributed by atoms with Crippen molar-refractivity contribution in [3.63, 3.8) is 0 Å². The van der Waals surface area contributed by atoms with Crippen molar-refractivity contribution in [2.45, 2.75) is 44.8 Å². The molecule has 0 N–H and O–H groups in total. The number of halogens is 8. The first kappa shape index (κ1) is 26.9. The number of ether oxygens (including phenoxy) is 2. The molecule has 0 saturated carbocycles. The van der Waals surface area contributed by atoms with E-state index < -0.39 is 57.9 Å². The van der Waals surface area contributed by atoms with Crippen molar-refractivity contribution in [1.82, 2.24) is 0 Å². The van der Waals surface area contributed by atoms with E-state index in [1.807, 2.05) is 0 Å². The van der Waals surface area contributed by atoms with Crippen LogP contribution >= 0.6 is 0 Å². The summed E-state index contributed by atoms with van der Waals surface area (Å²) in [6, 6.07) is 5.32. The van der Waals surface area contributed by atoms with Crippen molar-refractivity contribution in [3.05, 3.63) is 88.5 Å². The molecule has 3 aromatic rings. The van der Waals surface area contributed by atoms with E-state index in [4.69, 9.17) is 4.74 Å². The number of rotatable bonds is 7. The zero-order valence-electron chi connectivity index (χ0n) is 19.6. The number of benzene rings is 3. The minimum atomic E-state index is -4.60. The van der Waals surface area contributed by atoms with E-state index >= 15 is 0 Å². The first-order valence-electron chi connectivity index (χ1n) is 11.6. The molecule has 1 aliphatic heterocycles. The molecule has 4 rings (SSSR count). The summed E-state index contributed by atoms with van der Waals surface area (Å²) < 4.78 is 123. The van der Waals surface area contributed by atoms with Gasteiger partial charge in [-0.05, 0) is 42.9 Å². The summed E-state index contributed by atoms with van der Waals surface area (Å²) in [4.78, 5) is 0. The summed E-state index contributed by atoms with van der Waals surface area (Å²) in [7, 11) is 0. The van der Waals surface area contributed by atoms with Gasteiger partial charge in [-0.3, -0.25) is 0 Å². The fourth-order valence-corrected chi connectivity index (χ4v) is 4.43. The molecule has 0 aromatic heterocycles. The average Bonchev–Trinajstić information content (AvgIpc) is 2.84. The second-order valence-electron chi connectivity index (χ2n) is 8.90. The smallest absolute Gasteiger partial charge is 0.429 e. The molecule has 1 heterocycles. The monoisotopic (exact) mass is 530 g/mol. The van der Waals surface area contributed by atoms with Crippen molar-refractivity contribution in [2.24, 2.45) is 5.92 Å². The standard InChI is InChI=1S/C27H22F8O2/c1-2-3-14-4-9-23(36-13-14)15-5-6-17(20(28)10-15)18-7-8-19(25(32)24(18)31)27(34,35)37-16-11-21(29)26(33)22(30)12-16/h5-8,10-12,14,23H,2-4,9,13H2,1H3. The average molecular weight is 530 g/mol. The van der Waals surface area contributed by atoms with Crippen LogP contribution in [-0.2, 0) is 10.8 Å². The molecule has 1 fully saturated rings. The Kier molecular flexibility index (Phi) is 7.77. The Labute approximate surface area is 207 Å². The molecule has 0 radical (unpaired) electrons. The molecule has 10 heteroatoms. The summed E-state index contributed by atoms with van der Waals surface area (Å²) in [6.45, 7) is 2.62. The Balaban J connectivity index is 1.57. The van der Waals surface area contributed by atoms with Crippen LogP contribution in [0.1, 0.15) is 49.8 Å². The lowest BCUT2D eigenvalue weighted by Crippen LogP contribution is -2.24. The van der Waals surface area contributed by atoms with E-state index in [2.05, 4.69) is 11.7 Å². The maximum atomic E-state index is 14.9. The molecule has 0 amide bonds. The van der Waals surface area contributed by atoms with Gasteiger partial charge in [-0.1, -0.05) is 31.5 Å². The third kappa shape index (κ3) is 5.58. The third-order valence-electron chi connectivity index (χ3n) is 6.32. The molecular formula is C27H22F8O2. The van der Waals surface area contributed by atoms with Gasteiger partial charge in [-0.15, -0.1) is 0 Å². The number of hydrogen-bond acceptors (Lipinski definition) is 2. The van der Waals surface area contributed by atoms with Crippen LogP contribution in [0.2, 0.25) is 0 Å². The molecule has 0 bridgehead atoms. The first-order chi connectivity index (χ1) is 17.5. The number of alkyl halides is 2. The quantitative estimate of drug-likeness (QED) is 0.225. The summed E-state index contributed by atoms with van der Waals surface area (Å²) in [5, 5.41) is 0. The fourth-order valence-electron chi connectivity index (χ4n) is 4.43. The van der Waals surface area contributed by atoms with E-state index in [9.17, 15) is 35.1 Å². The predicted molar refractivity (Wildman–Crippen MR) is 119 cm³/mol. The van der Waals surface area contributed by atoms with Gasteiger partial charge in [0.15, 0.2) is 29.1 Å². The minimum absolute atomic E-state index is 0.131. The van der Waals surface area contributed by atoms with Crippen LogP contribution < -0.4 is 4.74 Å². The lowest BCUT2D eigenvalue weighted by Gasteiger charge is -2.29. The molecule has 0 spiro atoms. The molecule has 3 aromatic carbocycles. The first-order valence-corrected chi connectivity index (χ1v) is 11.6. The van der Waals surface area contributed by atoms with Crippen molar-refractivity contribution in [1.29, 1.82) is 0 Å². The summed E-state index contributed by atoms with van der Waals surface area (Å²) in [5.41, 5.74) is -2.06. The lowest BCUT2D eigenvalue weighted by atomic mass is 9.91. The zero-order chi connectivity index (χ0) is 26.9. The summed E-state index contributed by atoms with van der Waals surface area (Å²) >= 11 is 0. The van der Waals surface area contributed by atoms with Gasteiger partial charge in [0.05, 0.1) is 12.7 Å². The second kappa shape index (κ2) is 10.7. The predicted octanol–water partition coefficient (Wildman–Crippen LogP) is 8.58. The fraction of sp³-hybridized carbons (Fsp3) is 0.333. The maximum absolute atomic E-state index is 14.9. The molecule has 1 saturated heterocycles. The van der Waals surface area contributed by atoms with Crippen molar-refractivity contribution >= 4 is 0 Å². The zero-order valence-corrected chi connectivity index (χ0v) is 19.6. The summed E-state index contributed by atoms with van der Waals surface area (Å²) in [5.74, 6) is -11.0. The van der Waals surface area contributed by atoms with Gasteiger partial charge in [0.1, 0.15) is 17.1 Å². The highest BCUT2D eigenvalue weighted by molar-refractivity contribution is 5.66. The van der Waals surface area contributed by atoms with E-state index in [1.165, 1.54) is 12.1 Å². The van der Waals surface area contributed by atoms with Gasteiger partial charge >= 0.3 is 6.11 Å². The number of hydrogen-bond donors (Lipinski definition) is 0. The van der Waals surface area contributed by atoms with Gasteiger partial charge in [0, 0.05) is 23.3 Å². The minimum Gasteiger partial charge on any atom is -0.429 e. The van der Waals surface area contributed by atoms with E-state index in [-0.39, 0.29) is 23.8 Å². The van der Waals surface area contributed by atoms with Gasteiger partial charge in [0.25, 0.3) is 0 Å². The van der Waals surface area contributed by atoms with Crippen LogP contribution in [0.15, 0.2) is 42.5 Å². The van der Waals surface area contributed by atoms with Crippen LogP contribution in [0, 0.1) is 40.8 Å². The van der Waals surface area contributed by atoms with Crippen molar-refractivity contribution < 1.29 is 44.6 Å². The Bertz CT molecular complexity index is 1260. The molecule has 1 aliphatic rings. The van der Waals surface area contributed by atoms with E-state index in [0.29, 0.717) is 30.6 Å². The van der Waals surface area contributed by atoms with E-state index in [0.717, 1.165) is 31.4 Å². The second-order valence-corrected chi connectivity index (χ2v) is 8.90. The van der Waals surface area contributed by atoms with Crippen molar-refractivity contribution in [3.8, 4) is 16.9 Å². The molecule has 2 unspecified atom stereocenters. The van der Waals surface area contributed by atoms with Gasteiger partial charge < -0.3 is 9.47 Å². The van der Waals surface area contributed by atoms with Gasteiger partial charge in [-0.25, -0.2) is 26.3 Å². The van der Waals surface area contributed by atoms with Crippen LogP contribution in [0.5, 0.6) is 5.75 Å². The van der Waals surface area contributed by atoms with Crippen LogP contribution in [-0.4, -0.2) is 6.61 Å². The Hall–Kier alpha value is -3.14. The van der Waals surface area contributed by atoms with E-state index in [1.54, 1.807) is 0 Å². The van der Waals surface area contributed by atoms with Crippen molar-refractivity contribution in [2.75, 3.05) is 6.61 Å². The largest absolute Gasteiger partial charge is 0.429 e. The normalized spacial score (nSPS) is 18.2. The molecule has 2 atom stereocenters.